The molecule has 138 valence electrons. The Morgan fingerprint density at radius 3 is 2.31 bits per heavy atom. The number of hydrazine groups is 1. The smallest absolute Gasteiger partial charge is 0.269 e. The molecule has 6 nitrogen and oxygen atoms in total. The predicted octanol–water partition coefficient (Wildman–Crippen LogP) is 2.66. The molecule has 0 fully saturated rings. The minimum atomic E-state index is -0.347. The van der Waals surface area contributed by atoms with E-state index in [1.165, 1.54) is 0 Å². The number of hydrogen-bond acceptors (Lipinski definition) is 4. The first-order valence-electron chi connectivity index (χ1n) is 8.46. The van der Waals surface area contributed by atoms with E-state index in [-0.39, 0.29) is 18.2 Å². The molecule has 0 saturated heterocycles. The Morgan fingerprint density at radius 1 is 0.962 bits per heavy atom. The molecule has 0 heterocycles. The van der Waals surface area contributed by atoms with Gasteiger partial charge in [0.1, 0.15) is 11.5 Å². The molecular formula is C20H24N2O4. The highest BCUT2D eigenvalue weighted by Gasteiger charge is 2.10. The second kappa shape index (κ2) is 9.46. The molecule has 0 atom stereocenters. The largest absolute Gasteiger partial charge is 0.497 e. The number of carbonyl (C=O) groups is 2. The van der Waals surface area contributed by atoms with Crippen LogP contribution >= 0.6 is 0 Å². The molecule has 26 heavy (non-hydrogen) atoms. The molecule has 2 amide bonds. The molecular weight excluding hydrogens is 332 g/mol. The minimum absolute atomic E-state index is 0.207. The Kier molecular flexibility index (Phi) is 7.02. The van der Waals surface area contributed by atoms with E-state index in [4.69, 9.17) is 9.47 Å². The monoisotopic (exact) mass is 356 g/mol. The first-order chi connectivity index (χ1) is 12.6. The molecule has 0 aliphatic carbocycles. The number of benzene rings is 2. The van der Waals surface area contributed by atoms with Crippen LogP contribution in [0, 0.1) is 0 Å². The normalized spacial score (nSPS) is 10.1. The van der Waals surface area contributed by atoms with Crippen molar-refractivity contribution in [3.05, 3.63) is 59.2 Å². The number of carbonyl (C=O) groups excluding carboxylic acids is 2. The number of hydrogen-bond donors (Lipinski definition) is 2. The Balaban J connectivity index is 1.86. The molecule has 0 aliphatic heterocycles. The van der Waals surface area contributed by atoms with Crippen LogP contribution in [0.25, 0.3) is 0 Å². The zero-order chi connectivity index (χ0) is 18.9. The zero-order valence-electron chi connectivity index (χ0n) is 15.3. The fourth-order valence-electron chi connectivity index (χ4n) is 2.48. The fraction of sp³-hybridized carbons (Fsp3) is 0.300. The average molecular weight is 356 g/mol. The van der Waals surface area contributed by atoms with E-state index in [2.05, 4.69) is 10.9 Å². The van der Waals surface area contributed by atoms with E-state index < -0.39 is 0 Å². The first-order valence-corrected chi connectivity index (χ1v) is 8.46. The van der Waals surface area contributed by atoms with Crippen molar-refractivity contribution in [3.63, 3.8) is 0 Å². The number of ether oxygens (including phenoxy) is 2. The lowest BCUT2D eigenvalue weighted by atomic mass is 10.1. The highest BCUT2D eigenvalue weighted by atomic mass is 16.5. The van der Waals surface area contributed by atoms with Crippen molar-refractivity contribution in [3.8, 4) is 11.5 Å². The quantitative estimate of drug-likeness (QED) is 0.748. The highest BCUT2D eigenvalue weighted by Crippen LogP contribution is 2.25. The summed E-state index contributed by atoms with van der Waals surface area (Å²) in [6.45, 7) is 2.05. The maximum absolute atomic E-state index is 12.0. The third kappa shape index (κ3) is 5.24. The third-order valence-electron chi connectivity index (χ3n) is 4.05. The average Bonchev–Trinajstić information content (AvgIpc) is 2.70. The first kappa shape index (κ1) is 19.3. The van der Waals surface area contributed by atoms with Crippen LogP contribution in [0.5, 0.6) is 11.5 Å². The summed E-state index contributed by atoms with van der Waals surface area (Å²) in [6.07, 6.45) is 1.58. The Hall–Kier alpha value is -3.02. The lowest BCUT2D eigenvalue weighted by Crippen LogP contribution is -2.41. The van der Waals surface area contributed by atoms with E-state index in [1.54, 1.807) is 38.5 Å². The maximum atomic E-state index is 12.0. The van der Waals surface area contributed by atoms with Gasteiger partial charge in [-0.25, -0.2) is 0 Å². The summed E-state index contributed by atoms with van der Waals surface area (Å²) < 4.78 is 10.5. The van der Waals surface area contributed by atoms with Crippen LogP contribution in [0.15, 0.2) is 42.5 Å². The van der Waals surface area contributed by atoms with Gasteiger partial charge in [0.05, 0.1) is 14.2 Å². The molecule has 0 saturated carbocycles. The number of amides is 2. The summed E-state index contributed by atoms with van der Waals surface area (Å²) in [4.78, 5) is 24.1. The summed E-state index contributed by atoms with van der Waals surface area (Å²) in [6, 6.07) is 12.7. The lowest BCUT2D eigenvalue weighted by Gasteiger charge is -2.11. The summed E-state index contributed by atoms with van der Waals surface area (Å²) in [5.74, 6) is 0.761. The van der Waals surface area contributed by atoms with Gasteiger partial charge >= 0.3 is 0 Å². The van der Waals surface area contributed by atoms with Crippen molar-refractivity contribution in [2.75, 3.05) is 14.2 Å². The van der Waals surface area contributed by atoms with Crippen LogP contribution in [-0.2, 0) is 17.6 Å². The summed E-state index contributed by atoms with van der Waals surface area (Å²) >= 11 is 0. The molecule has 0 aromatic heterocycles. The van der Waals surface area contributed by atoms with Gasteiger partial charge in [0.15, 0.2) is 0 Å². The Labute approximate surface area is 153 Å². The number of methoxy groups -OCH3 is 2. The van der Waals surface area contributed by atoms with Gasteiger partial charge in [-0.15, -0.1) is 0 Å². The van der Waals surface area contributed by atoms with Gasteiger partial charge in [0, 0.05) is 12.0 Å². The van der Waals surface area contributed by atoms with Gasteiger partial charge in [0.2, 0.25) is 5.91 Å². The Morgan fingerprint density at radius 2 is 1.69 bits per heavy atom. The van der Waals surface area contributed by atoms with Crippen molar-refractivity contribution in [2.24, 2.45) is 0 Å². The molecule has 0 aliphatic rings. The molecule has 0 unspecified atom stereocenters. The molecule has 2 aromatic carbocycles. The molecule has 0 spiro atoms. The SMILES string of the molecule is CCc1ccc(C(=O)NNC(=O)CCc2cc(OC)ccc2OC)cc1. The summed E-state index contributed by atoms with van der Waals surface area (Å²) in [7, 11) is 3.16. The van der Waals surface area contributed by atoms with Crippen LogP contribution in [-0.4, -0.2) is 26.0 Å². The summed E-state index contributed by atoms with van der Waals surface area (Å²) in [5.41, 5.74) is 7.38. The van der Waals surface area contributed by atoms with Crippen molar-refractivity contribution in [1.82, 2.24) is 10.9 Å². The second-order valence-electron chi connectivity index (χ2n) is 5.73. The van der Waals surface area contributed by atoms with E-state index >= 15 is 0 Å². The fourth-order valence-corrected chi connectivity index (χ4v) is 2.48. The second-order valence-corrected chi connectivity index (χ2v) is 5.73. The van der Waals surface area contributed by atoms with Crippen LogP contribution in [0.4, 0.5) is 0 Å². The number of rotatable bonds is 7. The highest BCUT2D eigenvalue weighted by molar-refractivity contribution is 5.95. The van der Waals surface area contributed by atoms with Gasteiger partial charge in [-0.2, -0.15) is 0 Å². The van der Waals surface area contributed by atoms with Crippen molar-refractivity contribution in [1.29, 1.82) is 0 Å². The van der Waals surface area contributed by atoms with Crippen LogP contribution in [0.1, 0.15) is 34.8 Å². The molecule has 6 heteroatoms. The lowest BCUT2D eigenvalue weighted by molar-refractivity contribution is -0.121. The van der Waals surface area contributed by atoms with Crippen LogP contribution in [0.2, 0.25) is 0 Å². The molecule has 2 rings (SSSR count). The molecule has 0 bridgehead atoms. The van der Waals surface area contributed by atoms with Crippen molar-refractivity contribution < 1.29 is 19.1 Å². The molecule has 2 N–H and O–H groups in total. The predicted molar refractivity (Wildman–Crippen MR) is 99.3 cm³/mol. The van der Waals surface area contributed by atoms with Gasteiger partial charge in [0.25, 0.3) is 5.91 Å². The molecule has 2 aromatic rings. The van der Waals surface area contributed by atoms with E-state index in [1.807, 2.05) is 25.1 Å². The number of aryl methyl sites for hydroxylation is 2. The standard InChI is InChI=1S/C20H24N2O4/c1-4-14-5-7-15(8-6-14)20(24)22-21-19(23)12-9-16-13-17(25-2)10-11-18(16)26-3/h5-8,10-11,13H,4,9,12H2,1-3H3,(H,21,23)(H,22,24). The maximum Gasteiger partial charge on any atom is 0.269 e. The topological polar surface area (TPSA) is 76.7 Å². The van der Waals surface area contributed by atoms with Gasteiger partial charge < -0.3 is 9.47 Å². The zero-order valence-corrected chi connectivity index (χ0v) is 15.3. The minimum Gasteiger partial charge on any atom is -0.497 e. The van der Waals surface area contributed by atoms with Crippen LogP contribution < -0.4 is 20.3 Å². The van der Waals surface area contributed by atoms with E-state index in [0.717, 1.165) is 17.5 Å². The van der Waals surface area contributed by atoms with Gasteiger partial charge in [-0.05, 0) is 54.3 Å². The van der Waals surface area contributed by atoms with Gasteiger partial charge in [-0.3, -0.25) is 20.4 Å². The molecule has 0 radical (unpaired) electrons. The van der Waals surface area contributed by atoms with E-state index in [9.17, 15) is 9.59 Å². The van der Waals surface area contributed by atoms with Crippen molar-refractivity contribution in [2.45, 2.75) is 26.2 Å². The van der Waals surface area contributed by atoms with Crippen LogP contribution in [0.3, 0.4) is 0 Å². The third-order valence-corrected chi connectivity index (χ3v) is 4.05. The summed E-state index contributed by atoms with van der Waals surface area (Å²) in [5, 5.41) is 0. The Bertz CT molecular complexity index is 757. The number of nitrogens with one attached hydrogen (secondary N) is 2. The van der Waals surface area contributed by atoms with Crippen molar-refractivity contribution >= 4 is 11.8 Å². The van der Waals surface area contributed by atoms with Gasteiger partial charge in [-0.1, -0.05) is 19.1 Å². The van der Waals surface area contributed by atoms with E-state index in [0.29, 0.717) is 23.5 Å².